The molecule has 1 aromatic carbocycles. The van der Waals surface area contributed by atoms with E-state index in [-0.39, 0.29) is 5.91 Å². The molecule has 0 aliphatic rings. The van der Waals surface area contributed by atoms with Crippen molar-refractivity contribution in [3.05, 3.63) is 47.9 Å². The Balaban J connectivity index is 1.95. The highest BCUT2D eigenvalue weighted by Crippen LogP contribution is 2.18. The number of hydrogen-bond acceptors (Lipinski definition) is 5. The van der Waals surface area contributed by atoms with Gasteiger partial charge in [-0.3, -0.25) is 4.79 Å². The monoisotopic (exact) mass is 300 g/mol. The molecule has 0 saturated carbocycles. The Morgan fingerprint density at radius 2 is 2.05 bits per heavy atom. The van der Waals surface area contributed by atoms with E-state index in [4.69, 9.17) is 4.74 Å². The van der Waals surface area contributed by atoms with E-state index >= 15 is 0 Å². The Kier molecular flexibility index (Phi) is 5.71. The molecule has 1 amide bonds. The number of nitrogens with zero attached hydrogens (tertiary/aromatic N) is 2. The van der Waals surface area contributed by atoms with E-state index in [2.05, 4.69) is 20.6 Å². The van der Waals surface area contributed by atoms with Gasteiger partial charge in [-0.15, -0.1) is 0 Å². The van der Waals surface area contributed by atoms with E-state index < -0.39 is 0 Å². The molecule has 22 heavy (non-hydrogen) atoms. The van der Waals surface area contributed by atoms with Gasteiger partial charge in [0.15, 0.2) is 0 Å². The molecule has 2 rings (SSSR count). The predicted molar refractivity (Wildman–Crippen MR) is 85.0 cm³/mol. The molecule has 6 heteroatoms. The largest absolute Gasteiger partial charge is 0.496 e. The molecule has 0 aliphatic heterocycles. The van der Waals surface area contributed by atoms with Gasteiger partial charge < -0.3 is 15.4 Å². The standard InChI is InChI=1S/C16H20N4O2/c1-3-8-17-16(21)13-10-20-15(11-18-13)19-9-12-6-4-5-7-14(12)22-2/h4-7,10-11H,3,8-9H2,1-2H3,(H,17,21)(H,19,20). The van der Waals surface area contributed by atoms with Crippen molar-refractivity contribution < 1.29 is 9.53 Å². The fourth-order valence-electron chi connectivity index (χ4n) is 1.90. The third-order valence-electron chi connectivity index (χ3n) is 3.07. The summed E-state index contributed by atoms with van der Waals surface area (Å²) in [7, 11) is 1.64. The first-order valence-electron chi connectivity index (χ1n) is 7.20. The molecule has 116 valence electrons. The number of ether oxygens (including phenoxy) is 1. The normalized spacial score (nSPS) is 10.1. The summed E-state index contributed by atoms with van der Waals surface area (Å²) in [4.78, 5) is 20.0. The second-order valence-electron chi connectivity index (χ2n) is 4.71. The van der Waals surface area contributed by atoms with Crippen molar-refractivity contribution in [2.75, 3.05) is 19.0 Å². The smallest absolute Gasteiger partial charge is 0.271 e. The summed E-state index contributed by atoms with van der Waals surface area (Å²) < 4.78 is 5.29. The number of benzene rings is 1. The van der Waals surface area contributed by atoms with E-state index in [1.165, 1.54) is 6.20 Å². The van der Waals surface area contributed by atoms with Gasteiger partial charge in [0.2, 0.25) is 0 Å². The van der Waals surface area contributed by atoms with Crippen LogP contribution in [0.5, 0.6) is 5.75 Å². The minimum Gasteiger partial charge on any atom is -0.496 e. The lowest BCUT2D eigenvalue weighted by molar-refractivity contribution is 0.0948. The first kappa shape index (κ1) is 15.8. The number of anilines is 1. The molecule has 0 bridgehead atoms. The van der Waals surface area contributed by atoms with Crippen LogP contribution in [0.3, 0.4) is 0 Å². The van der Waals surface area contributed by atoms with Crippen molar-refractivity contribution in [2.45, 2.75) is 19.9 Å². The molecule has 2 aromatic rings. The zero-order chi connectivity index (χ0) is 15.8. The Morgan fingerprint density at radius 3 is 2.73 bits per heavy atom. The van der Waals surface area contributed by atoms with E-state index in [0.29, 0.717) is 24.6 Å². The van der Waals surface area contributed by atoms with E-state index in [0.717, 1.165) is 17.7 Å². The SMILES string of the molecule is CCCNC(=O)c1cnc(NCc2ccccc2OC)cn1. The predicted octanol–water partition coefficient (Wildman–Crippen LogP) is 2.24. The molecule has 0 saturated heterocycles. The van der Waals surface area contributed by atoms with Crippen molar-refractivity contribution in [3.8, 4) is 5.75 Å². The minimum absolute atomic E-state index is 0.203. The molecule has 0 spiro atoms. The summed E-state index contributed by atoms with van der Waals surface area (Å²) in [5, 5.41) is 5.92. The third kappa shape index (κ3) is 4.18. The second kappa shape index (κ2) is 7.97. The van der Waals surface area contributed by atoms with Crippen LogP contribution in [-0.2, 0) is 6.54 Å². The minimum atomic E-state index is -0.203. The summed E-state index contributed by atoms with van der Waals surface area (Å²) >= 11 is 0. The number of amides is 1. The van der Waals surface area contributed by atoms with Gasteiger partial charge in [0.05, 0.1) is 19.5 Å². The van der Waals surface area contributed by atoms with Gasteiger partial charge in [-0.2, -0.15) is 0 Å². The zero-order valence-corrected chi connectivity index (χ0v) is 12.8. The van der Waals surface area contributed by atoms with Gasteiger partial charge in [-0.1, -0.05) is 25.1 Å². The van der Waals surface area contributed by atoms with Crippen molar-refractivity contribution in [3.63, 3.8) is 0 Å². The van der Waals surface area contributed by atoms with Crippen LogP contribution in [0.4, 0.5) is 5.82 Å². The van der Waals surface area contributed by atoms with Crippen LogP contribution >= 0.6 is 0 Å². The summed E-state index contributed by atoms with van der Waals surface area (Å²) in [6.45, 7) is 3.20. The molecule has 0 atom stereocenters. The maximum Gasteiger partial charge on any atom is 0.271 e. The number of methoxy groups -OCH3 is 1. The Hall–Kier alpha value is -2.63. The van der Waals surface area contributed by atoms with Crippen LogP contribution < -0.4 is 15.4 Å². The lowest BCUT2D eigenvalue weighted by atomic mass is 10.2. The molecule has 1 heterocycles. The third-order valence-corrected chi connectivity index (χ3v) is 3.07. The first-order chi connectivity index (χ1) is 10.7. The Morgan fingerprint density at radius 1 is 1.23 bits per heavy atom. The summed E-state index contributed by atoms with van der Waals surface area (Å²) in [6.07, 6.45) is 3.91. The molecule has 2 N–H and O–H groups in total. The number of aromatic nitrogens is 2. The maximum atomic E-state index is 11.7. The first-order valence-corrected chi connectivity index (χ1v) is 7.20. The Labute approximate surface area is 129 Å². The van der Waals surface area contributed by atoms with Crippen LogP contribution in [0.2, 0.25) is 0 Å². The lowest BCUT2D eigenvalue weighted by Crippen LogP contribution is -2.25. The van der Waals surface area contributed by atoms with Crippen molar-refractivity contribution >= 4 is 11.7 Å². The number of carbonyl (C=O) groups excluding carboxylic acids is 1. The number of nitrogens with one attached hydrogen (secondary N) is 2. The highest BCUT2D eigenvalue weighted by atomic mass is 16.5. The van der Waals surface area contributed by atoms with Crippen molar-refractivity contribution in [2.24, 2.45) is 0 Å². The zero-order valence-electron chi connectivity index (χ0n) is 12.8. The molecule has 1 aromatic heterocycles. The quantitative estimate of drug-likeness (QED) is 0.820. The molecule has 6 nitrogen and oxygen atoms in total. The highest BCUT2D eigenvalue weighted by molar-refractivity contribution is 5.91. The van der Waals surface area contributed by atoms with E-state index in [1.807, 2.05) is 31.2 Å². The van der Waals surface area contributed by atoms with E-state index in [1.54, 1.807) is 13.3 Å². The average molecular weight is 300 g/mol. The summed E-state index contributed by atoms with van der Waals surface area (Å²) in [6, 6.07) is 7.76. The molecular weight excluding hydrogens is 280 g/mol. The van der Waals surface area contributed by atoms with Crippen LogP contribution in [0.1, 0.15) is 29.4 Å². The van der Waals surface area contributed by atoms with Gasteiger partial charge in [-0.25, -0.2) is 9.97 Å². The fourth-order valence-corrected chi connectivity index (χ4v) is 1.90. The number of rotatable bonds is 7. The lowest BCUT2D eigenvalue weighted by Gasteiger charge is -2.10. The summed E-state index contributed by atoms with van der Waals surface area (Å²) in [5.74, 6) is 1.22. The van der Waals surface area contributed by atoms with Crippen LogP contribution in [0.15, 0.2) is 36.7 Å². The second-order valence-corrected chi connectivity index (χ2v) is 4.71. The molecular formula is C16H20N4O2. The number of para-hydroxylation sites is 1. The van der Waals surface area contributed by atoms with Crippen LogP contribution in [0, 0.1) is 0 Å². The van der Waals surface area contributed by atoms with Gasteiger partial charge in [0.1, 0.15) is 17.3 Å². The number of carbonyl (C=O) groups is 1. The number of hydrogen-bond donors (Lipinski definition) is 2. The molecule has 0 fully saturated rings. The van der Waals surface area contributed by atoms with Crippen LogP contribution in [-0.4, -0.2) is 29.5 Å². The Bertz CT molecular complexity index is 614. The average Bonchev–Trinajstić information content (AvgIpc) is 2.58. The summed E-state index contributed by atoms with van der Waals surface area (Å²) in [5.41, 5.74) is 1.34. The van der Waals surface area contributed by atoms with Crippen molar-refractivity contribution in [1.29, 1.82) is 0 Å². The maximum absolute atomic E-state index is 11.7. The molecule has 0 radical (unpaired) electrons. The van der Waals surface area contributed by atoms with Gasteiger partial charge in [0, 0.05) is 18.7 Å². The van der Waals surface area contributed by atoms with Gasteiger partial charge in [-0.05, 0) is 12.5 Å². The van der Waals surface area contributed by atoms with Gasteiger partial charge >= 0.3 is 0 Å². The van der Waals surface area contributed by atoms with E-state index in [9.17, 15) is 4.79 Å². The topological polar surface area (TPSA) is 76.1 Å². The highest BCUT2D eigenvalue weighted by Gasteiger charge is 2.07. The van der Waals surface area contributed by atoms with Crippen LogP contribution in [0.25, 0.3) is 0 Å². The molecule has 0 unspecified atom stereocenters. The fraction of sp³-hybridized carbons (Fsp3) is 0.312. The molecule has 0 aliphatic carbocycles. The van der Waals surface area contributed by atoms with Gasteiger partial charge in [0.25, 0.3) is 5.91 Å². The van der Waals surface area contributed by atoms with Crippen molar-refractivity contribution in [1.82, 2.24) is 15.3 Å².